The zero-order chi connectivity index (χ0) is 13.7. The normalized spacial score (nSPS) is 11.4. The molecule has 0 aliphatic heterocycles. The molecule has 0 aliphatic carbocycles. The maximum absolute atomic E-state index is 4.64. The van der Waals surface area contributed by atoms with Crippen molar-refractivity contribution in [3.63, 3.8) is 0 Å². The monoisotopic (exact) mass is 255 g/mol. The molecule has 0 aliphatic rings. The second kappa shape index (κ2) is 3.91. The molecule has 0 saturated carbocycles. The highest BCUT2D eigenvalue weighted by molar-refractivity contribution is 5.66. The van der Waals surface area contributed by atoms with Crippen LogP contribution in [-0.4, -0.2) is 24.1 Å². The van der Waals surface area contributed by atoms with E-state index in [0.29, 0.717) is 0 Å². The number of aryl methyl sites for hydroxylation is 4. The third-order valence-corrected chi connectivity index (χ3v) is 3.53. The molecule has 19 heavy (non-hydrogen) atoms. The number of rotatable bonds is 1. The Morgan fingerprint density at radius 1 is 1.05 bits per heavy atom. The van der Waals surface area contributed by atoms with Crippen molar-refractivity contribution >= 4 is 5.78 Å². The Kier molecular flexibility index (Phi) is 2.45. The molecule has 5 heteroatoms. The standard InChI is InChI=1S/C14H17N5/c1-8-6-9(2)19-7-12(16-14(19)15-8)13-10(3)17-18(5)11(13)4/h6-7H,1-5H3. The van der Waals surface area contributed by atoms with Gasteiger partial charge in [-0.3, -0.25) is 9.08 Å². The Bertz CT molecular complexity index is 779. The summed E-state index contributed by atoms with van der Waals surface area (Å²) in [4.78, 5) is 9.11. The topological polar surface area (TPSA) is 48.0 Å². The molecular formula is C14H17N5. The summed E-state index contributed by atoms with van der Waals surface area (Å²) >= 11 is 0. The van der Waals surface area contributed by atoms with Crippen molar-refractivity contribution in [2.45, 2.75) is 27.7 Å². The van der Waals surface area contributed by atoms with E-state index in [2.05, 4.69) is 35.0 Å². The molecule has 3 heterocycles. The van der Waals surface area contributed by atoms with Gasteiger partial charge in [-0.25, -0.2) is 9.97 Å². The maximum atomic E-state index is 4.64. The first-order chi connectivity index (χ1) is 8.97. The first-order valence-electron chi connectivity index (χ1n) is 6.31. The van der Waals surface area contributed by atoms with E-state index in [1.807, 2.05) is 36.2 Å². The summed E-state index contributed by atoms with van der Waals surface area (Å²) in [5, 5.41) is 4.44. The largest absolute Gasteiger partial charge is 0.288 e. The molecule has 3 rings (SSSR count). The van der Waals surface area contributed by atoms with Crippen molar-refractivity contribution in [2.24, 2.45) is 7.05 Å². The van der Waals surface area contributed by atoms with Crippen LogP contribution in [0.4, 0.5) is 0 Å². The van der Waals surface area contributed by atoms with Crippen LogP contribution in [0.5, 0.6) is 0 Å². The minimum atomic E-state index is 0.746. The van der Waals surface area contributed by atoms with E-state index < -0.39 is 0 Å². The summed E-state index contributed by atoms with van der Waals surface area (Å²) in [6.45, 7) is 8.13. The fraction of sp³-hybridized carbons (Fsp3) is 0.357. The summed E-state index contributed by atoms with van der Waals surface area (Å²) in [6, 6.07) is 2.06. The van der Waals surface area contributed by atoms with Gasteiger partial charge in [0.1, 0.15) is 0 Å². The van der Waals surface area contributed by atoms with E-state index in [9.17, 15) is 0 Å². The van der Waals surface area contributed by atoms with E-state index in [1.54, 1.807) is 0 Å². The average molecular weight is 255 g/mol. The Labute approximate surface area is 111 Å². The smallest absolute Gasteiger partial charge is 0.234 e. The predicted octanol–water partition coefficient (Wildman–Crippen LogP) is 2.36. The van der Waals surface area contributed by atoms with Gasteiger partial charge in [-0.15, -0.1) is 0 Å². The van der Waals surface area contributed by atoms with Gasteiger partial charge in [-0.2, -0.15) is 5.10 Å². The van der Waals surface area contributed by atoms with Crippen LogP contribution in [0.2, 0.25) is 0 Å². The zero-order valence-corrected chi connectivity index (χ0v) is 11.9. The Morgan fingerprint density at radius 3 is 2.42 bits per heavy atom. The second-order valence-corrected chi connectivity index (χ2v) is 5.00. The van der Waals surface area contributed by atoms with E-state index in [-0.39, 0.29) is 0 Å². The van der Waals surface area contributed by atoms with Gasteiger partial charge >= 0.3 is 0 Å². The summed E-state index contributed by atoms with van der Waals surface area (Å²) in [6.07, 6.45) is 2.04. The van der Waals surface area contributed by atoms with Crippen LogP contribution in [0.1, 0.15) is 22.8 Å². The minimum absolute atomic E-state index is 0.746. The van der Waals surface area contributed by atoms with Gasteiger partial charge in [0, 0.05) is 35.9 Å². The van der Waals surface area contributed by atoms with Crippen LogP contribution < -0.4 is 0 Å². The van der Waals surface area contributed by atoms with Gasteiger partial charge in [0.25, 0.3) is 0 Å². The summed E-state index contributed by atoms with van der Waals surface area (Å²) in [5.41, 5.74) is 6.28. The molecular weight excluding hydrogens is 238 g/mol. The van der Waals surface area contributed by atoms with Crippen LogP contribution in [0.3, 0.4) is 0 Å². The third-order valence-electron chi connectivity index (χ3n) is 3.53. The van der Waals surface area contributed by atoms with Crippen LogP contribution in [0.15, 0.2) is 12.3 Å². The zero-order valence-electron chi connectivity index (χ0n) is 11.9. The second-order valence-electron chi connectivity index (χ2n) is 5.00. The molecule has 0 aromatic carbocycles. The maximum Gasteiger partial charge on any atom is 0.234 e. The number of hydrogen-bond acceptors (Lipinski definition) is 3. The van der Waals surface area contributed by atoms with Crippen LogP contribution >= 0.6 is 0 Å². The lowest BCUT2D eigenvalue weighted by Gasteiger charge is -1.99. The Morgan fingerprint density at radius 2 is 1.79 bits per heavy atom. The molecule has 0 unspecified atom stereocenters. The SMILES string of the molecule is Cc1cc(C)n2cc(-c3c(C)nn(C)c3C)nc2n1. The highest BCUT2D eigenvalue weighted by atomic mass is 15.3. The molecule has 0 radical (unpaired) electrons. The van der Waals surface area contributed by atoms with Gasteiger partial charge in [0.2, 0.25) is 5.78 Å². The van der Waals surface area contributed by atoms with Crippen molar-refractivity contribution in [3.8, 4) is 11.3 Å². The lowest BCUT2D eigenvalue weighted by Crippen LogP contribution is -1.94. The molecule has 0 fully saturated rings. The summed E-state index contributed by atoms with van der Waals surface area (Å²) in [5.74, 6) is 0.746. The number of aromatic nitrogens is 5. The molecule has 3 aromatic rings. The van der Waals surface area contributed by atoms with Crippen LogP contribution in [0.25, 0.3) is 17.0 Å². The van der Waals surface area contributed by atoms with Crippen molar-refractivity contribution < 1.29 is 0 Å². The molecule has 0 amide bonds. The molecule has 0 bridgehead atoms. The Hall–Kier alpha value is -2.17. The lowest BCUT2D eigenvalue weighted by molar-refractivity contribution is 0.731. The number of imidazole rings is 1. The van der Waals surface area contributed by atoms with Gasteiger partial charge < -0.3 is 0 Å². The van der Waals surface area contributed by atoms with Gasteiger partial charge in [-0.05, 0) is 33.8 Å². The average Bonchev–Trinajstić information content (AvgIpc) is 2.81. The van der Waals surface area contributed by atoms with Crippen LogP contribution in [-0.2, 0) is 7.05 Å². The molecule has 0 N–H and O–H groups in total. The van der Waals surface area contributed by atoms with Crippen molar-refractivity contribution in [1.82, 2.24) is 24.1 Å². The highest BCUT2D eigenvalue weighted by Crippen LogP contribution is 2.26. The van der Waals surface area contributed by atoms with Gasteiger partial charge in [-0.1, -0.05) is 0 Å². The van der Waals surface area contributed by atoms with E-state index in [1.165, 1.54) is 0 Å². The molecule has 0 spiro atoms. The van der Waals surface area contributed by atoms with Crippen molar-refractivity contribution in [2.75, 3.05) is 0 Å². The van der Waals surface area contributed by atoms with Crippen molar-refractivity contribution in [3.05, 3.63) is 35.0 Å². The third kappa shape index (κ3) is 1.73. The quantitative estimate of drug-likeness (QED) is 0.670. The number of nitrogens with zero attached hydrogens (tertiary/aromatic N) is 5. The molecule has 5 nitrogen and oxygen atoms in total. The summed E-state index contributed by atoms with van der Waals surface area (Å²) < 4.78 is 3.91. The van der Waals surface area contributed by atoms with Gasteiger partial charge in [0.15, 0.2) is 0 Å². The minimum Gasteiger partial charge on any atom is -0.288 e. The molecule has 0 saturated heterocycles. The fourth-order valence-electron chi connectivity index (χ4n) is 2.54. The van der Waals surface area contributed by atoms with E-state index in [0.717, 1.165) is 39.8 Å². The first-order valence-corrected chi connectivity index (χ1v) is 6.31. The predicted molar refractivity (Wildman–Crippen MR) is 74.1 cm³/mol. The van der Waals surface area contributed by atoms with E-state index >= 15 is 0 Å². The van der Waals surface area contributed by atoms with Crippen LogP contribution in [0, 0.1) is 27.7 Å². The lowest BCUT2D eigenvalue weighted by atomic mass is 10.1. The highest BCUT2D eigenvalue weighted by Gasteiger charge is 2.15. The Balaban J connectivity index is 2.29. The van der Waals surface area contributed by atoms with Crippen molar-refractivity contribution in [1.29, 1.82) is 0 Å². The first kappa shape index (κ1) is 11.9. The van der Waals surface area contributed by atoms with Gasteiger partial charge in [0.05, 0.1) is 11.4 Å². The number of fused-ring (bicyclic) bond motifs is 1. The number of hydrogen-bond donors (Lipinski definition) is 0. The molecule has 98 valence electrons. The van der Waals surface area contributed by atoms with E-state index in [4.69, 9.17) is 0 Å². The molecule has 3 aromatic heterocycles. The summed E-state index contributed by atoms with van der Waals surface area (Å²) in [7, 11) is 1.95. The fourth-order valence-corrected chi connectivity index (χ4v) is 2.54. The molecule has 0 atom stereocenters.